The van der Waals surface area contributed by atoms with E-state index < -0.39 is 5.97 Å². The molecule has 0 aliphatic carbocycles. The second-order valence-corrected chi connectivity index (χ2v) is 6.50. The molecule has 29 heavy (non-hydrogen) atoms. The average Bonchev–Trinajstić information content (AvgIpc) is 2.76. The lowest BCUT2D eigenvalue weighted by atomic mass is 10.00. The van der Waals surface area contributed by atoms with E-state index >= 15 is 0 Å². The van der Waals surface area contributed by atoms with Crippen molar-refractivity contribution in [3.8, 4) is 11.5 Å². The number of fused-ring (bicyclic) bond motifs is 1. The number of carbonyl (C=O) groups excluding carboxylic acids is 2. The highest BCUT2D eigenvalue weighted by Gasteiger charge is 2.16. The van der Waals surface area contributed by atoms with Gasteiger partial charge in [0.2, 0.25) is 0 Å². The summed E-state index contributed by atoms with van der Waals surface area (Å²) >= 11 is 0. The van der Waals surface area contributed by atoms with Gasteiger partial charge < -0.3 is 19.5 Å². The van der Waals surface area contributed by atoms with Gasteiger partial charge in [0.1, 0.15) is 0 Å². The first-order valence-corrected chi connectivity index (χ1v) is 9.19. The summed E-state index contributed by atoms with van der Waals surface area (Å²) in [7, 11) is 2.99. The Kier molecular flexibility index (Phi) is 6.34. The van der Waals surface area contributed by atoms with Crippen molar-refractivity contribution in [3.63, 3.8) is 0 Å². The number of ether oxygens (including phenoxy) is 3. The molecule has 0 bridgehead atoms. The van der Waals surface area contributed by atoms with Crippen LogP contribution in [0, 0.1) is 0 Å². The summed E-state index contributed by atoms with van der Waals surface area (Å²) in [5.41, 5.74) is 1.28. The molecule has 0 radical (unpaired) electrons. The Labute approximate surface area is 169 Å². The first-order chi connectivity index (χ1) is 14.0. The summed E-state index contributed by atoms with van der Waals surface area (Å²) in [4.78, 5) is 24.5. The Morgan fingerprint density at radius 3 is 2.41 bits per heavy atom. The molecule has 6 nitrogen and oxygen atoms in total. The maximum Gasteiger partial charge on any atom is 0.338 e. The fourth-order valence-electron chi connectivity index (χ4n) is 3.17. The lowest BCUT2D eigenvalue weighted by Crippen LogP contribution is -2.31. The predicted molar refractivity (Wildman–Crippen MR) is 110 cm³/mol. The molecule has 0 aliphatic rings. The highest BCUT2D eigenvalue weighted by molar-refractivity contribution is 5.92. The van der Waals surface area contributed by atoms with Crippen LogP contribution in [0.5, 0.6) is 11.5 Å². The second kappa shape index (κ2) is 9.10. The molecule has 0 aromatic heterocycles. The van der Waals surface area contributed by atoms with Gasteiger partial charge in [0.25, 0.3) is 5.91 Å². The molecule has 1 N–H and O–H groups in total. The van der Waals surface area contributed by atoms with Gasteiger partial charge in [-0.25, -0.2) is 4.79 Å². The van der Waals surface area contributed by atoms with Crippen molar-refractivity contribution < 1.29 is 23.8 Å². The number of hydrogen-bond donors (Lipinski definition) is 1. The molecule has 0 aliphatic heterocycles. The van der Waals surface area contributed by atoms with Gasteiger partial charge >= 0.3 is 5.97 Å². The molecule has 0 spiro atoms. The fourth-order valence-corrected chi connectivity index (χ4v) is 3.17. The predicted octanol–water partition coefficient (Wildman–Crippen LogP) is 3.89. The molecule has 0 saturated heterocycles. The van der Waals surface area contributed by atoms with Crippen LogP contribution in [0.15, 0.2) is 60.7 Å². The number of amides is 1. The minimum Gasteiger partial charge on any atom is -0.493 e. The maximum atomic E-state index is 12.3. The van der Waals surface area contributed by atoms with E-state index in [1.54, 1.807) is 12.1 Å². The Balaban J connectivity index is 1.61. The topological polar surface area (TPSA) is 73.9 Å². The van der Waals surface area contributed by atoms with Crippen LogP contribution in [0.1, 0.15) is 28.9 Å². The number of hydrogen-bond acceptors (Lipinski definition) is 5. The third-order valence-electron chi connectivity index (χ3n) is 4.62. The van der Waals surface area contributed by atoms with Crippen molar-refractivity contribution in [1.82, 2.24) is 5.32 Å². The van der Waals surface area contributed by atoms with Crippen molar-refractivity contribution in [2.24, 2.45) is 0 Å². The zero-order chi connectivity index (χ0) is 20.8. The number of esters is 1. The van der Waals surface area contributed by atoms with E-state index in [9.17, 15) is 9.59 Å². The molecule has 0 saturated carbocycles. The van der Waals surface area contributed by atoms with Crippen LogP contribution in [0.4, 0.5) is 0 Å². The lowest BCUT2D eigenvalue weighted by Gasteiger charge is -2.17. The molecule has 3 rings (SSSR count). The van der Waals surface area contributed by atoms with Crippen LogP contribution >= 0.6 is 0 Å². The number of rotatable bonds is 7. The zero-order valence-electron chi connectivity index (χ0n) is 16.6. The Hall–Kier alpha value is -3.54. The molecular weight excluding hydrogens is 370 g/mol. The first kappa shape index (κ1) is 20.2. The van der Waals surface area contributed by atoms with Gasteiger partial charge in [-0.05, 0) is 41.5 Å². The number of nitrogens with one attached hydrogen (secondary N) is 1. The van der Waals surface area contributed by atoms with E-state index in [0.29, 0.717) is 11.5 Å². The van der Waals surface area contributed by atoms with Gasteiger partial charge in [-0.15, -0.1) is 0 Å². The normalized spacial score (nSPS) is 11.6. The molecule has 0 heterocycles. The van der Waals surface area contributed by atoms with E-state index in [4.69, 9.17) is 14.2 Å². The third kappa shape index (κ3) is 4.66. The molecule has 150 valence electrons. The molecule has 6 heteroatoms. The highest BCUT2D eigenvalue weighted by Crippen LogP contribution is 2.28. The van der Waals surface area contributed by atoms with Crippen molar-refractivity contribution in [1.29, 1.82) is 0 Å². The van der Waals surface area contributed by atoms with E-state index in [1.165, 1.54) is 20.3 Å². The maximum absolute atomic E-state index is 12.3. The van der Waals surface area contributed by atoms with Crippen molar-refractivity contribution >= 4 is 22.6 Å². The zero-order valence-corrected chi connectivity index (χ0v) is 16.6. The molecule has 1 unspecified atom stereocenters. The van der Waals surface area contributed by atoms with E-state index in [-0.39, 0.29) is 24.1 Å². The van der Waals surface area contributed by atoms with Gasteiger partial charge in [0.15, 0.2) is 18.1 Å². The Morgan fingerprint density at radius 2 is 1.66 bits per heavy atom. The first-order valence-electron chi connectivity index (χ1n) is 9.19. The third-order valence-corrected chi connectivity index (χ3v) is 4.62. The lowest BCUT2D eigenvalue weighted by molar-refractivity contribution is -0.124. The van der Waals surface area contributed by atoms with E-state index in [0.717, 1.165) is 16.3 Å². The van der Waals surface area contributed by atoms with Crippen LogP contribution in [-0.2, 0) is 9.53 Å². The number of benzene rings is 3. The van der Waals surface area contributed by atoms with Gasteiger partial charge in [0, 0.05) is 0 Å². The smallest absolute Gasteiger partial charge is 0.338 e. The minimum atomic E-state index is -0.612. The number of carbonyl (C=O) groups is 2. The van der Waals surface area contributed by atoms with Gasteiger partial charge in [-0.3, -0.25) is 4.79 Å². The molecule has 3 aromatic rings. The van der Waals surface area contributed by atoms with Gasteiger partial charge in [-0.2, -0.15) is 0 Å². The summed E-state index contributed by atoms with van der Waals surface area (Å²) in [6.07, 6.45) is 0. The van der Waals surface area contributed by atoms with Crippen LogP contribution in [0.2, 0.25) is 0 Å². The molecular formula is C23H23NO5. The molecule has 1 atom stereocenters. The Morgan fingerprint density at radius 1 is 0.931 bits per heavy atom. The SMILES string of the molecule is COc1ccc(C(=O)OCC(=O)NC(C)c2cccc3ccccc23)cc1OC. The van der Waals surface area contributed by atoms with Gasteiger partial charge in [-0.1, -0.05) is 42.5 Å². The fraction of sp³-hybridized carbons (Fsp3) is 0.217. The quantitative estimate of drug-likeness (QED) is 0.617. The molecule has 0 fully saturated rings. The summed E-state index contributed by atoms with van der Waals surface area (Å²) in [6, 6.07) is 18.4. The van der Waals surface area contributed by atoms with Crippen molar-refractivity contribution in [2.75, 3.05) is 20.8 Å². The van der Waals surface area contributed by atoms with E-state index in [2.05, 4.69) is 5.32 Å². The standard InChI is InChI=1S/C23H23NO5/c1-15(18-10-6-8-16-7-4-5-9-19(16)18)24-22(25)14-29-23(26)17-11-12-20(27-2)21(13-17)28-3/h4-13,15H,14H2,1-3H3,(H,24,25). The summed E-state index contributed by atoms with van der Waals surface area (Å²) < 4.78 is 15.5. The van der Waals surface area contributed by atoms with E-state index in [1.807, 2.05) is 49.4 Å². The molecule has 3 aromatic carbocycles. The number of methoxy groups -OCH3 is 2. The van der Waals surface area contributed by atoms with Gasteiger partial charge in [0.05, 0.1) is 25.8 Å². The Bertz CT molecular complexity index is 1030. The van der Waals surface area contributed by atoms with Crippen LogP contribution in [-0.4, -0.2) is 32.7 Å². The van der Waals surface area contributed by atoms with Crippen molar-refractivity contribution in [2.45, 2.75) is 13.0 Å². The highest BCUT2D eigenvalue weighted by atomic mass is 16.5. The minimum absolute atomic E-state index is 0.228. The van der Waals surface area contributed by atoms with Crippen LogP contribution in [0.25, 0.3) is 10.8 Å². The summed E-state index contributed by atoms with van der Waals surface area (Å²) in [5.74, 6) is -0.0696. The second-order valence-electron chi connectivity index (χ2n) is 6.50. The summed E-state index contributed by atoms with van der Waals surface area (Å²) in [6.45, 7) is 1.53. The monoisotopic (exact) mass is 393 g/mol. The van der Waals surface area contributed by atoms with Crippen LogP contribution in [0.3, 0.4) is 0 Å². The van der Waals surface area contributed by atoms with Crippen molar-refractivity contribution in [3.05, 3.63) is 71.8 Å². The largest absolute Gasteiger partial charge is 0.493 e. The average molecular weight is 393 g/mol. The summed E-state index contributed by atoms with van der Waals surface area (Å²) in [5, 5.41) is 5.05. The molecule has 1 amide bonds. The van der Waals surface area contributed by atoms with Crippen LogP contribution < -0.4 is 14.8 Å².